The summed E-state index contributed by atoms with van der Waals surface area (Å²) in [5.74, 6) is 0. The van der Waals surface area contributed by atoms with Crippen molar-refractivity contribution in [3.63, 3.8) is 0 Å². The van der Waals surface area contributed by atoms with E-state index in [9.17, 15) is 0 Å². The van der Waals surface area contributed by atoms with E-state index in [1.54, 1.807) is 0 Å². The van der Waals surface area contributed by atoms with Crippen LogP contribution in [0.5, 0.6) is 0 Å². The van der Waals surface area contributed by atoms with Crippen LogP contribution in [0, 0.1) is 4.77 Å². The highest BCUT2D eigenvalue weighted by molar-refractivity contribution is 9.10. The molecule has 0 fully saturated rings. The maximum Gasteiger partial charge on any atom is 0.184 e. The second-order valence-electron chi connectivity index (χ2n) is 4.48. The van der Waals surface area contributed by atoms with Crippen LogP contribution < -0.4 is 0 Å². The lowest BCUT2D eigenvalue weighted by atomic mass is 10.3. The molecule has 0 saturated carbocycles. The molecule has 0 radical (unpaired) electrons. The third-order valence-corrected chi connectivity index (χ3v) is 4.32. The molecule has 1 aromatic carbocycles. The Kier molecular flexibility index (Phi) is 3.48. The molecule has 0 aliphatic heterocycles. The molecule has 0 unspecified atom stereocenters. The number of rotatable bonds is 2. The van der Waals surface area contributed by atoms with Gasteiger partial charge >= 0.3 is 0 Å². The largest absolute Gasteiger partial charge is 0.327 e. The van der Waals surface area contributed by atoms with Crippen LogP contribution in [0.3, 0.4) is 0 Å². The lowest BCUT2D eigenvalue weighted by molar-refractivity contribution is 0.748. The van der Waals surface area contributed by atoms with E-state index in [-0.39, 0.29) is 0 Å². The molecule has 3 aromatic rings. The summed E-state index contributed by atoms with van der Waals surface area (Å²) in [4.78, 5) is 3.23. The lowest BCUT2D eigenvalue weighted by Gasteiger charge is -2.07. The standard InChI is InChI=1S/C13H12BrClN4S/c1-3-9-11-12(18(2)17-9)19(13(20)16-11)10-6-7(14)4-5-8(10)15/h4-6H,3H2,1-2H3,(H,16,20). The summed E-state index contributed by atoms with van der Waals surface area (Å²) in [7, 11) is 1.91. The molecule has 20 heavy (non-hydrogen) atoms. The Hall–Kier alpha value is -1.11. The van der Waals surface area contributed by atoms with Gasteiger partial charge in [-0.3, -0.25) is 4.57 Å². The van der Waals surface area contributed by atoms with Gasteiger partial charge in [-0.2, -0.15) is 5.10 Å². The number of imidazole rings is 1. The monoisotopic (exact) mass is 370 g/mol. The molecule has 2 aromatic heterocycles. The van der Waals surface area contributed by atoms with Gasteiger partial charge in [-0.15, -0.1) is 0 Å². The lowest BCUT2D eigenvalue weighted by Crippen LogP contribution is -2.01. The Bertz CT molecular complexity index is 861. The third kappa shape index (κ3) is 2.03. The minimum absolute atomic E-state index is 0.614. The molecular formula is C13H12BrClN4S. The van der Waals surface area contributed by atoms with Gasteiger partial charge < -0.3 is 4.98 Å². The minimum atomic E-state index is 0.614. The number of aromatic amines is 1. The van der Waals surface area contributed by atoms with Gasteiger partial charge in [0.2, 0.25) is 0 Å². The van der Waals surface area contributed by atoms with Gasteiger partial charge in [0.15, 0.2) is 10.4 Å². The first-order valence-electron chi connectivity index (χ1n) is 6.15. The van der Waals surface area contributed by atoms with E-state index >= 15 is 0 Å². The zero-order valence-electron chi connectivity index (χ0n) is 10.9. The number of nitrogens with zero attached hydrogens (tertiary/aromatic N) is 3. The molecule has 1 N–H and O–H groups in total. The molecular weight excluding hydrogens is 360 g/mol. The molecule has 0 aliphatic rings. The van der Waals surface area contributed by atoms with E-state index < -0.39 is 0 Å². The summed E-state index contributed by atoms with van der Waals surface area (Å²) in [6.07, 6.45) is 0.846. The number of benzene rings is 1. The maximum atomic E-state index is 6.32. The minimum Gasteiger partial charge on any atom is -0.327 e. The molecule has 0 amide bonds. The van der Waals surface area contributed by atoms with Crippen molar-refractivity contribution < 1.29 is 0 Å². The number of fused-ring (bicyclic) bond motifs is 1. The molecule has 0 spiro atoms. The molecule has 0 saturated heterocycles. The number of hydrogen-bond donors (Lipinski definition) is 1. The van der Waals surface area contributed by atoms with E-state index in [4.69, 9.17) is 23.8 Å². The number of aryl methyl sites for hydroxylation is 2. The van der Waals surface area contributed by atoms with Gasteiger partial charge in [0.05, 0.1) is 16.4 Å². The van der Waals surface area contributed by atoms with Crippen LogP contribution in [0.4, 0.5) is 0 Å². The summed E-state index contributed by atoms with van der Waals surface area (Å²) in [6, 6.07) is 5.70. The highest BCUT2D eigenvalue weighted by Gasteiger charge is 2.17. The summed E-state index contributed by atoms with van der Waals surface area (Å²) in [6.45, 7) is 2.07. The number of aromatic nitrogens is 4. The van der Waals surface area contributed by atoms with E-state index in [1.807, 2.05) is 34.5 Å². The second kappa shape index (κ2) is 5.02. The fourth-order valence-corrected chi connectivity index (χ4v) is 3.18. The van der Waals surface area contributed by atoms with Gasteiger partial charge in [-0.25, -0.2) is 4.68 Å². The highest BCUT2D eigenvalue weighted by Crippen LogP contribution is 2.29. The van der Waals surface area contributed by atoms with Crippen molar-refractivity contribution in [1.29, 1.82) is 0 Å². The van der Waals surface area contributed by atoms with Gasteiger partial charge in [-0.1, -0.05) is 34.5 Å². The highest BCUT2D eigenvalue weighted by atomic mass is 79.9. The van der Waals surface area contributed by atoms with Crippen molar-refractivity contribution in [2.45, 2.75) is 13.3 Å². The zero-order valence-corrected chi connectivity index (χ0v) is 14.1. The fraction of sp³-hybridized carbons (Fsp3) is 0.231. The summed E-state index contributed by atoms with van der Waals surface area (Å²) in [5.41, 5.74) is 3.73. The van der Waals surface area contributed by atoms with Crippen LogP contribution in [0.25, 0.3) is 16.9 Å². The molecule has 3 rings (SSSR count). The smallest absolute Gasteiger partial charge is 0.184 e. The van der Waals surface area contributed by atoms with Crippen molar-refractivity contribution in [3.05, 3.63) is 38.2 Å². The SMILES string of the molecule is CCc1nn(C)c2c1[nH]c(=S)n2-c1cc(Br)ccc1Cl. The van der Waals surface area contributed by atoms with Gasteiger partial charge in [0, 0.05) is 11.5 Å². The van der Waals surface area contributed by atoms with E-state index in [0.29, 0.717) is 9.79 Å². The maximum absolute atomic E-state index is 6.32. The fourth-order valence-electron chi connectivity index (χ4n) is 2.34. The Labute approximate surface area is 134 Å². The molecule has 4 nitrogen and oxygen atoms in total. The van der Waals surface area contributed by atoms with Crippen molar-refractivity contribution in [1.82, 2.24) is 19.3 Å². The van der Waals surface area contributed by atoms with E-state index in [0.717, 1.165) is 33.4 Å². The number of halogens is 2. The van der Waals surface area contributed by atoms with Crippen LogP contribution in [-0.4, -0.2) is 19.3 Å². The van der Waals surface area contributed by atoms with Crippen LogP contribution in [0.15, 0.2) is 22.7 Å². The van der Waals surface area contributed by atoms with Crippen molar-refractivity contribution in [2.24, 2.45) is 7.05 Å². The predicted octanol–water partition coefficient (Wildman–Crippen LogP) is 4.40. The first-order chi connectivity index (χ1) is 9.52. The second-order valence-corrected chi connectivity index (χ2v) is 6.19. The Morgan fingerprint density at radius 2 is 2.20 bits per heavy atom. The Morgan fingerprint density at radius 3 is 2.90 bits per heavy atom. The first kappa shape index (κ1) is 13.9. The normalized spacial score (nSPS) is 11.4. The molecule has 0 aliphatic carbocycles. The topological polar surface area (TPSA) is 38.5 Å². The van der Waals surface area contributed by atoms with Crippen molar-refractivity contribution in [2.75, 3.05) is 0 Å². The summed E-state index contributed by atoms with van der Waals surface area (Å²) >= 11 is 15.2. The predicted molar refractivity (Wildman–Crippen MR) is 87.3 cm³/mol. The van der Waals surface area contributed by atoms with Crippen LogP contribution in [0.1, 0.15) is 12.6 Å². The van der Waals surface area contributed by atoms with Crippen LogP contribution in [0.2, 0.25) is 5.02 Å². The quantitative estimate of drug-likeness (QED) is 0.678. The molecule has 7 heteroatoms. The molecule has 0 bridgehead atoms. The first-order valence-corrected chi connectivity index (χ1v) is 7.73. The zero-order chi connectivity index (χ0) is 14.4. The van der Waals surface area contributed by atoms with E-state index in [2.05, 4.69) is 32.9 Å². The average molecular weight is 372 g/mol. The number of hydrogen-bond acceptors (Lipinski definition) is 2. The third-order valence-electron chi connectivity index (χ3n) is 3.22. The Balaban J connectivity index is 2.42. The number of nitrogens with one attached hydrogen (secondary N) is 1. The molecule has 0 atom stereocenters. The Morgan fingerprint density at radius 1 is 1.45 bits per heavy atom. The molecule has 2 heterocycles. The van der Waals surface area contributed by atoms with Crippen LogP contribution in [-0.2, 0) is 13.5 Å². The molecule has 104 valence electrons. The van der Waals surface area contributed by atoms with E-state index in [1.165, 1.54) is 0 Å². The van der Waals surface area contributed by atoms with Crippen molar-refractivity contribution in [3.8, 4) is 5.69 Å². The van der Waals surface area contributed by atoms with Gasteiger partial charge in [-0.05, 0) is 36.8 Å². The average Bonchev–Trinajstić information content (AvgIpc) is 2.90. The van der Waals surface area contributed by atoms with Crippen LogP contribution >= 0.6 is 39.7 Å². The summed E-state index contributed by atoms with van der Waals surface area (Å²) in [5, 5.41) is 5.15. The van der Waals surface area contributed by atoms with Gasteiger partial charge in [0.25, 0.3) is 0 Å². The summed E-state index contributed by atoms with van der Waals surface area (Å²) < 4.78 is 5.32. The van der Waals surface area contributed by atoms with Gasteiger partial charge in [0.1, 0.15) is 5.52 Å². The number of H-pyrrole nitrogens is 1. The van der Waals surface area contributed by atoms with Crippen molar-refractivity contribution >= 4 is 50.9 Å².